The average molecular weight is 199 g/mol. The molecular formula is C11H12ClF. The Morgan fingerprint density at radius 1 is 1.54 bits per heavy atom. The summed E-state index contributed by atoms with van der Waals surface area (Å²) in [5, 5.41) is 0.194. The summed E-state index contributed by atoms with van der Waals surface area (Å²) in [7, 11) is 0. The lowest BCUT2D eigenvalue weighted by Gasteiger charge is -2.02. The molecule has 0 spiro atoms. The van der Waals surface area contributed by atoms with Gasteiger partial charge >= 0.3 is 0 Å². The summed E-state index contributed by atoms with van der Waals surface area (Å²) in [5.41, 5.74) is 2.18. The van der Waals surface area contributed by atoms with Gasteiger partial charge in [-0.05, 0) is 37.5 Å². The van der Waals surface area contributed by atoms with Gasteiger partial charge in [0.15, 0.2) is 0 Å². The molecule has 0 aromatic heterocycles. The van der Waals surface area contributed by atoms with Crippen LogP contribution in [-0.2, 0) is 6.42 Å². The Kier molecular flexibility index (Phi) is 3.49. The van der Waals surface area contributed by atoms with Crippen LogP contribution in [0.4, 0.5) is 4.39 Å². The minimum absolute atomic E-state index is 0.194. The molecule has 1 aromatic carbocycles. The predicted molar refractivity (Wildman–Crippen MR) is 54.5 cm³/mol. The lowest BCUT2D eigenvalue weighted by molar-refractivity contribution is 0.627. The molecule has 0 heterocycles. The van der Waals surface area contributed by atoms with Crippen molar-refractivity contribution >= 4 is 11.6 Å². The van der Waals surface area contributed by atoms with Gasteiger partial charge in [0.25, 0.3) is 0 Å². The van der Waals surface area contributed by atoms with Crippen molar-refractivity contribution in [1.82, 2.24) is 0 Å². The van der Waals surface area contributed by atoms with Gasteiger partial charge in [0.05, 0.1) is 5.02 Å². The maximum absolute atomic E-state index is 12.7. The van der Waals surface area contributed by atoms with Gasteiger partial charge in [0.2, 0.25) is 0 Å². The fourth-order valence-corrected chi connectivity index (χ4v) is 1.26. The maximum Gasteiger partial charge on any atom is 0.141 e. The number of rotatable bonds is 3. The molecule has 0 fully saturated rings. The Morgan fingerprint density at radius 2 is 2.23 bits per heavy atom. The van der Waals surface area contributed by atoms with Gasteiger partial charge < -0.3 is 0 Å². The molecule has 0 saturated carbocycles. The van der Waals surface area contributed by atoms with Gasteiger partial charge in [-0.15, -0.1) is 6.58 Å². The maximum atomic E-state index is 12.7. The van der Waals surface area contributed by atoms with E-state index >= 15 is 0 Å². The molecule has 0 aliphatic heterocycles. The third-order valence-electron chi connectivity index (χ3n) is 1.82. The largest absolute Gasteiger partial charge is 0.205 e. The molecule has 0 aliphatic rings. The third-order valence-corrected chi connectivity index (χ3v) is 2.11. The highest BCUT2D eigenvalue weighted by molar-refractivity contribution is 6.30. The first-order valence-electron chi connectivity index (χ1n) is 4.18. The monoisotopic (exact) mass is 198 g/mol. The summed E-state index contributed by atoms with van der Waals surface area (Å²) in [5.74, 6) is -0.360. The topological polar surface area (TPSA) is 0 Å². The molecule has 0 radical (unpaired) electrons. The SMILES string of the molecule is C=C(C)CCc1ccc(F)c(Cl)c1. The summed E-state index contributed by atoms with van der Waals surface area (Å²) < 4.78 is 12.7. The highest BCUT2D eigenvalue weighted by Gasteiger charge is 2.00. The zero-order chi connectivity index (χ0) is 9.84. The van der Waals surface area contributed by atoms with Crippen LogP contribution in [0.15, 0.2) is 30.4 Å². The van der Waals surface area contributed by atoms with E-state index in [1.807, 2.05) is 6.92 Å². The number of halogens is 2. The second kappa shape index (κ2) is 4.43. The van der Waals surface area contributed by atoms with Crippen LogP contribution in [0.3, 0.4) is 0 Å². The predicted octanol–water partition coefficient (Wildman–Crippen LogP) is 3.99. The van der Waals surface area contributed by atoms with Crippen molar-refractivity contribution in [3.63, 3.8) is 0 Å². The number of benzene rings is 1. The Labute approximate surface area is 83.0 Å². The molecule has 70 valence electrons. The summed E-state index contributed by atoms with van der Waals surface area (Å²) in [6.07, 6.45) is 1.79. The molecule has 0 atom stereocenters. The fourth-order valence-electron chi connectivity index (χ4n) is 1.05. The van der Waals surface area contributed by atoms with Crippen LogP contribution in [0.25, 0.3) is 0 Å². The van der Waals surface area contributed by atoms with Crippen molar-refractivity contribution in [2.75, 3.05) is 0 Å². The molecule has 0 unspecified atom stereocenters. The van der Waals surface area contributed by atoms with Crippen LogP contribution >= 0.6 is 11.6 Å². The zero-order valence-electron chi connectivity index (χ0n) is 7.61. The second-order valence-corrected chi connectivity index (χ2v) is 3.61. The lowest BCUT2D eigenvalue weighted by atomic mass is 10.1. The molecule has 0 bridgehead atoms. The Balaban J connectivity index is 2.68. The van der Waals surface area contributed by atoms with Gasteiger partial charge in [-0.25, -0.2) is 4.39 Å². The van der Waals surface area contributed by atoms with Crippen molar-refractivity contribution < 1.29 is 4.39 Å². The molecule has 0 aliphatic carbocycles. The highest BCUT2D eigenvalue weighted by Crippen LogP contribution is 2.17. The van der Waals surface area contributed by atoms with Gasteiger partial charge in [0.1, 0.15) is 5.82 Å². The number of allylic oxidation sites excluding steroid dienone is 1. The summed E-state index contributed by atoms with van der Waals surface area (Å²) in [6.45, 7) is 5.78. The van der Waals surface area contributed by atoms with Crippen LogP contribution in [0.1, 0.15) is 18.9 Å². The van der Waals surface area contributed by atoms with E-state index in [9.17, 15) is 4.39 Å². The number of aryl methyl sites for hydroxylation is 1. The first kappa shape index (κ1) is 10.3. The minimum atomic E-state index is -0.360. The van der Waals surface area contributed by atoms with E-state index in [4.69, 9.17) is 11.6 Å². The van der Waals surface area contributed by atoms with E-state index in [0.717, 1.165) is 24.0 Å². The van der Waals surface area contributed by atoms with Crippen LogP contribution in [0.5, 0.6) is 0 Å². The molecule has 0 amide bonds. The Morgan fingerprint density at radius 3 is 2.77 bits per heavy atom. The quantitative estimate of drug-likeness (QED) is 0.645. The van der Waals surface area contributed by atoms with Crippen LogP contribution in [0.2, 0.25) is 5.02 Å². The Hall–Kier alpha value is -0.820. The molecule has 2 heteroatoms. The fraction of sp³-hybridized carbons (Fsp3) is 0.273. The summed E-state index contributed by atoms with van der Waals surface area (Å²) >= 11 is 5.63. The lowest BCUT2D eigenvalue weighted by Crippen LogP contribution is -1.87. The molecule has 13 heavy (non-hydrogen) atoms. The van der Waals surface area contributed by atoms with Crippen LogP contribution in [-0.4, -0.2) is 0 Å². The molecule has 0 N–H and O–H groups in total. The van der Waals surface area contributed by atoms with Gasteiger partial charge in [-0.1, -0.05) is 23.2 Å². The van der Waals surface area contributed by atoms with Crippen molar-refractivity contribution in [3.8, 4) is 0 Å². The average Bonchev–Trinajstić information content (AvgIpc) is 2.07. The van der Waals surface area contributed by atoms with Crippen LogP contribution < -0.4 is 0 Å². The molecule has 1 rings (SSSR count). The molecule has 1 aromatic rings. The molecule has 0 nitrogen and oxygen atoms in total. The van der Waals surface area contributed by atoms with Crippen molar-refractivity contribution in [3.05, 3.63) is 46.8 Å². The van der Waals surface area contributed by atoms with E-state index < -0.39 is 0 Å². The van der Waals surface area contributed by atoms with Gasteiger partial charge in [-0.3, -0.25) is 0 Å². The van der Waals surface area contributed by atoms with E-state index in [-0.39, 0.29) is 10.8 Å². The minimum Gasteiger partial charge on any atom is -0.205 e. The second-order valence-electron chi connectivity index (χ2n) is 3.21. The van der Waals surface area contributed by atoms with Crippen molar-refractivity contribution in [2.24, 2.45) is 0 Å². The standard InChI is InChI=1S/C11H12ClF/c1-8(2)3-4-9-5-6-11(13)10(12)7-9/h5-7H,1,3-4H2,2H3. The molecule has 0 saturated heterocycles. The molecular weight excluding hydrogens is 187 g/mol. The summed E-state index contributed by atoms with van der Waals surface area (Å²) in [4.78, 5) is 0. The van der Waals surface area contributed by atoms with Gasteiger partial charge in [0, 0.05) is 0 Å². The smallest absolute Gasteiger partial charge is 0.141 e. The Bertz CT molecular complexity index is 318. The van der Waals surface area contributed by atoms with E-state index in [0.29, 0.717) is 0 Å². The van der Waals surface area contributed by atoms with E-state index in [1.54, 1.807) is 12.1 Å². The normalized spacial score (nSPS) is 10.1. The zero-order valence-corrected chi connectivity index (χ0v) is 8.37. The van der Waals surface area contributed by atoms with Crippen LogP contribution in [0, 0.1) is 5.82 Å². The van der Waals surface area contributed by atoms with Crippen molar-refractivity contribution in [1.29, 1.82) is 0 Å². The number of hydrogen-bond acceptors (Lipinski definition) is 0. The highest BCUT2D eigenvalue weighted by atomic mass is 35.5. The van der Waals surface area contributed by atoms with Gasteiger partial charge in [-0.2, -0.15) is 0 Å². The number of hydrogen-bond donors (Lipinski definition) is 0. The first-order chi connectivity index (χ1) is 6.09. The van der Waals surface area contributed by atoms with Crippen molar-refractivity contribution in [2.45, 2.75) is 19.8 Å². The first-order valence-corrected chi connectivity index (χ1v) is 4.55. The summed E-state index contributed by atoms with van der Waals surface area (Å²) in [6, 6.07) is 4.82. The van der Waals surface area contributed by atoms with E-state index in [2.05, 4.69) is 6.58 Å². The van der Waals surface area contributed by atoms with E-state index in [1.165, 1.54) is 6.07 Å². The third kappa shape index (κ3) is 3.19.